The van der Waals surface area contributed by atoms with Crippen molar-refractivity contribution in [2.75, 3.05) is 32.7 Å². The monoisotopic (exact) mass is 330 g/mol. The van der Waals surface area contributed by atoms with Gasteiger partial charge >= 0.3 is 0 Å². The second-order valence-corrected chi connectivity index (χ2v) is 6.32. The molecule has 128 valence electrons. The number of carbonyl (C=O) groups is 2. The van der Waals surface area contributed by atoms with Gasteiger partial charge in [-0.25, -0.2) is 0 Å². The van der Waals surface area contributed by atoms with Gasteiger partial charge < -0.3 is 14.6 Å². The van der Waals surface area contributed by atoms with E-state index in [9.17, 15) is 9.59 Å². The smallest absolute Gasteiger partial charge is 0.257 e. The summed E-state index contributed by atoms with van der Waals surface area (Å²) >= 11 is 0. The Morgan fingerprint density at radius 2 is 2.08 bits per heavy atom. The summed E-state index contributed by atoms with van der Waals surface area (Å²) in [6.07, 6.45) is 2.96. The molecule has 7 heteroatoms. The molecule has 1 atom stereocenters. The van der Waals surface area contributed by atoms with Gasteiger partial charge in [-0.15, -0.1) is 0 Å². The second-order valence-electron chi connectivity index (χ2n) is 6.32. The first-order valence-corrected chi connectivity index (χ1v) is 8.41. The highest BCUT2D eigenvalue weighted by Crippen LogP contribution is 2.19. The number of furan rings is 1. The molecule has 24 heavy (non-hydrogen) atoms. The third kappa shape index (κ3) is 3.29. The zero-order valence-electron chi connectivity index (χ0n) is 13.9. The maximum Gasteiger partial charge on any atom is 0.257 e. The number of hydrogen-bond donors (Lipinski definition) is 1. The summed E-state index contributed by atoms with van der Waals surface area (Å²) in [5.74, 6) is 0.631. The van der Waals surface area contributed by atoms with Crippen molar-refractivity contribution < 1.29 is 14.0 Å². The average Bonchev–Trinajstić information content (AvgIpc) is 2.84. The normalized spacial score (nSPS) is 22.6. The number of nitrogens with zero attached hydrogens (tertiary/aromatic N) is 3. The number of hydrogen-bond acceptors (Lipinski definition) is 5. The highest BCUT2D eigenvalue weighted by molar-refractivity contribution is 5.95. The van der Waals surface area contributed by atoms with Crippen molar-refractivity contribution in [2.45, 2.75) is 32.2 Å². The highest BCUT2D eigenvalue weighted by Gasteiger charge is 2.32. The van der Waals surface area contributed by atoms with Crippen molar-refractivity contribution >= 4 is 11.8 Å². The van der Waals surface area contributed by atoms with E-state index in [-0.39, 0.29) is 23.6 Å². The number of nitriles is 1. The van der Waals surface area contributed by atoms with E-state index in [0.717, 1.165) is 25.8 Å². The summed E-state index contributed by atoms with van der Waals surface area (Å²) in [7, 11) is 0. The Labute approximate surface area is 141 Å². The lowest BCUT2D eigenvalue weighted by molar-refractivity contribution is -0.126. The molecule has 7 nitrogen and oxygen atoms in total. The molecule has 0 bridgehead atoms. The molecule has 1 unspecified atom stereocenters. The van der Waals surface area contributed by atoms with E-state index in [4.69, 9.17) is 9.68 Å². The third-order valence-corrected chi connectivity index (χ3v) is 4.81. The number of amides is 2. The van der Waals surface area contributed by atoms with E-state index in [2.05, 4.69) is 10.2 Å². The standard InChI is InChI=1S/C17H22N4O3/c1-12-14(10-13(11-18)24-12)17(23)21-8-6-20(7-9-21)15-4-2-3-5-19-16(15)22/h10,15H,2-9H2,1H3,(H,19,22). The highest BCUT2D eigenvalue weighted by atomic mass is 16.3. The zero-order valence-corrected chi connectivity index (χ0v) is 13.9. The van der Waals surface area contributed by atoms with Crippen LogP contribution < -0.4 is 5.32 Å². The number of aryl methyl sites for hydroxylation is 1. The molecular formula is C17H22N4O3. The molecule has 2 fully saturated rings. The van der Waals surface area contributed by atoms with E-state index in [0.29, 0.717) is 37.5 Å². The first-order chi connectivity index (χ1) is 11.6. The molecule has 2 saturated heterocycles. The van der Waals surface area contributed by atoms with Gasteiger partial charge in [0.05, 0.1) is 11.6 Å². The average molecular weight is 330 g/mol. The third-order valence-electron chi connectivity index (χ3n) is 4.81. The van der Waals surface area contributed by atoms with Crippen LogP contribution in [0.25, 0.3) is 0 Å². The van der Waals surface area contributed by atoms with E-state index < -0.39 is 0 Å². The lowest BCUT2D eigenvalue weighted by atomic mass is 10.1. The number of carbonyl (C=O) groups excluding carboxylic acids is 2. The van der Waals surface area contributed by atoms with E-state index in [1.165, 1.54) is 6.07 Å². The van der Waals surface area contributed by atoms with Crippen molar-refractivity contribution in [2.24, 2.45) is 0 Å². The maximum atomic E-state index is 12.6. The Hall–Kier alpha value is -2.33. The summed E-state index contributed by atoms with van der Waals surface area (Å²) in [4.78, 5) is 28.7. The molecule has 0 radical (unpaired) electrons. The van der Waals surface area contributed by atoms with Crippen LogP contribution in [0.3, 0.4) is 0 Å². The molecule has 0 aliphatic carbocycles. The fourth-order valence-corrected chi connectivity index (χ4v) is 3.43. The number of nitrogens with one attached hydrogen (secondary N) is 1. The van der Waals surface area contributed by atoms with Gasteiger partial charge in [-0.3, -0.25) is 14.5 Å². The predicted molar refractivity (Wildman–Crippen MR) is 86.3 cm³/mol. The summed E-state index contributed by atoms with van der Waals surface area (Å²) in [6.45, 7) is 4.98. The van der Waals surface area contributed by atoms with Gasteiger partial charge in [-0.2, -0.15) is 5.26 Å². The van der Waals surface area contributed by atoms with Crippen molar-refractivity contribution in [1.82, 2.24) is 15.1 Å². The molecule has 0 spiro atoms. The Morgan fingerprint density at radius 1 is 1.33 bits per heavy atom. The van der Waals surface area contributed by atoms with Gasteiger partial charge in [-0.05, 0) is 26.2 Å². The molecule has 1 N–H and O–H groups in total. The van der Waals surface area contributed by atoms with E-state index in [1.54, 1.807) is 11.8 Å². The van der Waals surface area contributed by atoms with Crippen LogP contribution in [0, 0.1) is 18.3 Å². The minimum absolute atomic E-state index is 0.0781. The van der Waals surface area contributed by atoms with Crippen LogP contribution >= 0.6 is 0 Å². The van der Waals surface area contributed by atoms with Crippen LogP contribution in [-0.4, -0.2) is 60.4 Å². The molecule has 1 aromatic rings. The molecule has 0 saturated carbocycles. The Morgan fingerprint density at radius 3 is 2.75 bits per heavy atom. The minimum atomic E-state index is -0.109. The largest absolute Gasteiger partial charge is 0.450 e. The molecule has 2 amide bonds. The number of rotatable bonds is 2. The summed E-state index contributed by atoms with van der Waals surface area (Å²) < 4.78 is 5.25. The van der Waals surface area contributed by atoms with Gasteiger partial charge in [0.25, 0.3) is 5.91 Å². The molecule has 0 aromatic carbocycles. The van der Waals surface area contributed by atoms with Crippen LogP contribution in [0.15, 0.2) is 10.5 Å². The van der Waals surface area contributed by atoms with Gasteiger partial charge in [0.15, 0.2) is 0 Å². The first-order valence-electron chi connectivity index (χ1n) is 8.41. The molecule has 1 aromatic heterocycles. The Balaban J connectivity index is 1.62. The zero-order chi connectivity index (χ0) is 17.1. The summed E-state index contributed by atoms with van der Waals surface area (Å²) in [5.41, 5.74) is 0.451. The van der Waals surface area contributed by atoms with Crippen LogP contribution in [0.4, 0.5) is 0 Å². The van der Waals surface area contributed by atoms with E-state index in [1.807, 2.05) is 6.07 Å². The molecule has 3 rings (SSSR count). The molecular weight excluding hydrogens is 308 g/mol. The van der Waals surface area contributed by atoms with Crippen molar-refractivity contribution in [1.29, 1.82) is 5.26 Å². The van der Waals surface area contributed by atoms with Crippen molar-refractivity contribution in [3.05, 3.63) is 23.2 Å². The second kappa shape index (κ2) is 7.05. The lowest BCUT2D eigenvalue weighted by Gasteiger charge is -2.38. The Bertz CT molecular complexity index is 668. The predicted octanol–water partition coefficient (Wildman–Crippen LogP) is 0.886. The first kappa shape index (κ1) is 16.5. The van der Waals surface area contributed by atoms with Crippen LogP contribution in [0.1, 0.15) is 41.1 Å². The van der Waals surface area contributed by atoms with Gasteiger partial charge in [0.2, 0.25) is 11.7 Å². The summed E-state index contributed by atoms with van der Waals surface area (Å²) in [6, 6.07) is 3.34. The van der Waals surface area contributed by atoms with E-state index >= 15 is 0 Å². The van der Waals surface area contributed by atoms with Crippen molar-refractivity contribution in [3.8, 4) is 6.07 Å². The van der Waals surface area contributed by atoms with Crippen LogP contribution in [-0.2, 0) is 4.79 Å². The van der Waals surface area contributed by atoms with Gasteiger partial charge in [-0.1, -0.05) is 0 Å². The molecule has 2 aliphatic heterocycles. The van der Waals surface area contributed by atoms with Crippen LogP contribution in [0.2, 0.25) is 0 Å². The van der Waals surface area contributed by atoms with Gasteiger partial charge in [0, 0.05) is 38.8 Å². The van der Waals surface area contributed by atoms with Crippen LogP contribution in [0.5, 0.6) is 0 Å². The van der Waals surface area contributed by atoms with Gasteiger partial charge in [0.1, 0.15) is 11.8 Å². The summed E-state index contributed by atoms with van der Waals surface area (Å²) in [5, 5.41) is 11.8. The topological polar surface area (TPSA) is 89.6 Å². The SMILES string of the molecule is Cc1oc(C#N)cc1C(=O)N1CCN(C2CCCCNC2=O)CC1. The fourth-order valence-electron chi connectivity index (χ4n) is 3.43. The molecule has 2 aliphatic rings. The molecule has 3 heterocycles. The Kier molecular flexibility index (Phi) is 4.86. The minimum Gasteiger partial charge on any atom is -0.450 e. The lowest BCUT2D eigenvalue weighted by Crippen LogP contribution is -2.55. The van der Waals surface area contributed by atoms with Crippen molar-refractivity contribution in [3.63, 3.8) is 0 Å². The fraction of sp³-hybridized carbons (Fsp3) is 0.588. The quantitative estimate of drug-likeness (QED) is 0.870. The number of piperazine rings is 1. The maximum absolute atomic E-state index is 12.6.